The van der Waals surface area contributed by atoms with Crippen LogP contribution < -0.4 is 9.47 Å². The lowest BCUT2D eigenvalue weighted by Gasteiger charge is -2.08. The molecule has 0 aliphatic heterocycles. The van der Waals surface area contributed by atoms with E-state index in [1.807, 2.05) is 30.3 Å². The van der Waals surface area contributed by atoms with Crippen molar-refractivity contribution >= 4 is 17.6 Å². The quantitative estimate of drug-likeness (QED) is 0.619. The molecule has 0 amide bonds. The summed E-state index contributed by atoms with van der Waals surface area (Å²) < 4.78 is 10.4. The first kappa shape index (κ1) is 14.4. The van der Waals surface area contributed by atoms with Crippen LogP contribution in [0.3, 0.4) is 0 Å². The number of methoxy groups -OCH3 is 1. The van der Waals surface area contributed by atoms with Gasteiger partial charge in [0, 0.05) is 11.4 Å². The van der Waals surface area contributed by atoms with Gasteiger partial charge in [-0.15, -0.1) is 0 Å². The monoisotopic (exact) mass is 290 g/mol. The zero-order valence-electron chi connectivity index (χ0n) is 11.1. The van der Waals surface area contributed by atoms with Crippen molar-refractivity contribution in [2.75, 3.05) is 7.11 Å². The van der Waals surface area contributed by atoms with E-state index in [1.165, 1.54) is 0 Å². The Hall–Kier alpha value is -2.00. The SMILES string of the molecule is COc1ccccc1OC(=O)CCc1ccc(Cl)cc1. The average Bonchev–Trinajstić information content (AvgIpc) is 2.47. The number of carbonyl (C=O) groups is 1. The number of hydrogen-bond acceptors (Lipinski definition) is 3. The van der Waals surface area contributed by atoms with E-state index in [1.54, 1.807) is 25.3 Å². The van der Waals surface area contributed by atoms with Gasteiger partial charge in [0.15, 0.2) is 11.5 Å². The van der Waals surface area contributed by atoms with Crippen LogP contribution in [0, 0.1) is 0 Å². The van der Waals surface area contributed by atoms with Crippen LogP contribution in [0.2, 0.25) is 5.02 Å². The highest BCUT2D eigenvalue weighted by molar-refractivity contribution is 6.30. The lowest BCUT2D eigenvalue weighted by Crippen LogP contribution is -2.09. The van der Waals surface area contributed by atoms with Crippen LogP contribution in [0.15, 0.2) is 48.5 Å². The van der Waals surface area contributed by atoms with Gasteiger partial charge in [-0.1, -0.05) is 35.9 Å². The molecule has 0 fully saturated rings. The summed E-state index contributed by atoms with van der Waals surface area (Å²) in [4.78, 5) is 11.8. The molecule has 0 unspecified atom stereocenters. The maximum atomic E-state index is 11.8. The molecule has 0 bridgehead atoms. The second kappa shape index (κ2) is 6.96. The second-order valence-corrected chi connectivity index (χ2v) is 4.69. The number of ether oxygens (including phenoxy) is 2. The van der Waals surface area contributed by atoms with Gasteiger partial charge < -0.3 is 9.47 Å². The normalized spacial score (nSPS) is 10.1. The molecule has 0 aliphatic rings. The summed E-state index contributed by atoms with van der Waals surface area (Å²) in [6, 6.07) is 14.5. The van der Waals surface area contributed by atoms with Gasteiger partial charge in [-0.25, -0.2) is 0 Å². The van der Waals surface area contributed by atoms with Crippen molar-refractivity contribution < 1.29 is 14.3 Å². The number of benzene rings is 2. The zero-order chi connectivity index (χ0) is 14.4. The first-order valence-corrected chi connectivity index (χ1v) is 6.65. The van der Waals surface area contributed by atoms with E-state index in [0.29, 0.717) is 29.4 Å². The summed E-state index contributed by atoms with van der Waals surface area (Å²) in [5, 5.41) is 0.686. The van der Waals surface area contributed by atoms with Crippen LogP contribution in [-0.2, 0) is 11.2 Å². The number of carbonyl (C=O) groups excluding carboxylic acids is 1. The molecule has 0 saturated carbocycles. The Kier molecular flexibility index (Phi) is 5.02. The Morgan fingerprint density at radius 1 is 1.05 bits per heavy atom. The number of aryl methyl sites for hydroxylation is 1. The van der Waals surface area contributed by atoms with Crippen LogP contribution in [0.25, 0.3) is 0 Å². The molecule has 0 aliphatic carbocycles. The second-order valence-electron chi connectivity index (χ2n) is 4.25. The third kappa shape index (κ3) is 4.00. The molecule has 20 heavy (non-hydrogen) atoms. The Bertz CT molecular complexity index is 579. The fourth-order valence-electron chi connectivity index (χ4n) is 1.77. The van der Waals surface area contributed by atoms with Crippen molar-refractivity contribution in [3.8, 4) is 11.5 Å². The molecule has 4 heteroatoms. The molecule has 2 aromatic rings. The predicted molar refractivity (Wildman–Crippen MR) is 78.4 cm³/mol. The predicted octanol–water partition coefficient (Wildman–Crippen LogP) is 3.89. The highest BCUT2D eigenvalue weighted by Gasteiger charge is 2.09. The van der Waals surface area contributed by atoms with Crippen molar-refractivity contribution in [3.05, 3.63) is 59.1 Å². The standard InChI is InChI=1S/C16H15ClO3/c1-19-14-4-2-3-5-15(14)20-16(18)11-8-12-6-9-13(17)10-7-12/h2-7,9-10H,8,11H2,1H3. The molecular formula is C16H15ClO3. The van der Waals surface area contributed by atoms with Crippen LogP contribution in [0.4, 0.5) is 0 Å². The fraction of sp³-hybridized carbons (Fsp3) is 0.188. The minimum atomic E-state index is -0.288. The van der Waals surface area contributed by atoms with Crippen molar-refractivity contribution in [1.82, 2.24) is 0 Å². The van der Waals surface area contributed by atoms with Crippen LogP contribution in [0.5, 0.6) is 11.5 Å². The third-order valence-electron chi connectivity index (χ3n) is 2.82. The van der Waals surface area contributed by atoms with Gasteiger partial charge in [-0.05, 0) is 36.2 Å². The maximum absolute atomic E-state index is 11.8. The molecule has 0 atom stereocenters. The first-order chi connectivity index (χ1) is 9.69. The Morgan fingerprint density at radius 2 is 1.70 bits per heavy atom. The number of halogens is 1. The molecule has 104 valence electrons. The summed E-state index contributed by atoms with van der Waals surface area (Å²) >= 11 is 5.81. The molecule has 0 heterocycles. The maximum Gasteiger partial charge on any atom is 0.311 e. The molecule has 0 N–H and O–H groups in total. The van der Waals surface area contributed by atoms with E-state index < -0.39 is 0 Å². The van der Waals surface area contributed by atoms with E-state index in [-0.39, 0.29) is 5.97 Å². The molecule has 0 spiro atoms. The minimum Gasteiger partial charge on any atom is -0.493 e. The topological polar surface area (TPSA) is 35.5 Å². The number of hydrogen-bond donors (Lipinski definition) is 0. The number of rotatable bonds is 5. The lowest BCUT2D eigenvalue weighted by molar-refractivity contribution is -0.134. The number of esters is 1. The van der Waals surface area contributed by atoms with Crippen molar-refractivity contribution in [1.29, 1.82) is 0 Å². The summed E-state index contributed by atoms with van der Waals surface area (Å²) in [7, 11) is 1.54. The van der Waals surface area contributed by atoms with E-state index in [9.17, 15) is 4.79 Å². The van der Waals surface area contributed by atoms with Gasteiger partial charge in [0.25, 0.3) is 0 Å². The van der Waals surface area contributed by atoms with Gasteiger partial charge in [0.05, 0.1) is 7.11 Å². The number of para-hydroxylation sites is 2. The summed E-state index contributed by atoms with van der Waals surface area (Å²) in [5.74, 6) is 0.702. The van der Waals surface area contributed by atoms with Gasteiger partial charge in [0.1, 0.15) is 0 Å². The Labute approximate surface area is 123 Å². The van der Waals surface area contributed by atoms with E-state index in [4.69, 9.17) is 21.1 Å². The van der Waals surface area contributed by atoms with Gasteiger partial charge in [-0.3, -0.25) is 4.79 Å². The molecule has 3 nitrogen and oxygen atoms in total. The highest BCUT2D eigenvalue weighted by Crippen LogP contribution is 2.26. The summed E-state index contributed by atoms with van der Waals surface area (Å²) in [6.45, 7) is 0. The third-order valence-corrected chi connectivity index (χ3v) is 3.08. The van der Waals surface area contributed by atoms with Gasteiger partial charge >= 0.3 is 5.97 Å². The Balaban J connectivity index is 1.91. The average molecular weight is 291 g/mol. The minimum absolute atomic E-state index is 0.288. The molecule has 0 aromatic heterocycles. The molecule has 2 rings (SSSR count). The first-order valence-electron chi connectivity index (χ1n) is 6.27. The van der Waals surface area contributed by atoms with Crippen LogP contribution in [-0.4, -0.2) is 13.1 Å². The van der Waals surface area contributed by atoms with Crippen molar-refractivity contribution in [3.63, 3.8) is 0 Å². The van der Waals surface area contributed by atoms with E-state index >= 15 is 0 Å². The van der Waals surface area contributed by atoms with Gasteiger partial charge in [-0.2, -0.15) is 0 Å². The smallest absolute Gasteiger partial charge is 0.311 e. The molecule has 2 aromatic carbocycles. The van der Waals surface area contributed by atoms with Crippen LogP contribution >= 0.6 is 11.6 Å². The molecule has 0 saturated heterocycles. The van der Waals surface area contributed by atoms with Crippen molar-refractivity contribution in [2.24, 2.45) is 0 Å². The van der Waals surface area contributed by atoms with E-state index in [2.05, 4.69) is 0 Å². The Morgan fingerprint density at radius 3 is 2.35 bits per heavy atom. The molecule has 0 radical (unpaired) electrons. The summed E-state index contributed by atoms with van der Waals surface area (Å²) in [5.41, 5.74) is 1.05. The summed E-state index contributed by atoms with van der Waals surface area (Å²) in [6.07, 6.45) is 0.921. The fourth-order valence-corrected chi connectivity index (χ4v) is 1.90. The van der Waals surface area contributed by atoms with E-state index in [0.717, 1.165) is 5.56 Å². The van der Waals surface area contributed by atoms with Crippen LogP contribution in [0.1, 0.15) is 12.0 Å². The van der Waals surface area contributed by atoms with Crippen molar-refractivity contribution in [2.45, 2.75) is 12.8 Å². The largest absolute Gasteiger partial charge is 0.493 e. The highest BCUT2D eigenvalue weighted by atomic mass is 35.5. The molecular weight excluding hydrogens is 276 g/mol. The lowest BCUT2D eigenvalue weighted by atomic mass is 10.1. The van der Waals surface area contributed by atoms with Gasteiger partial charge in [0.2, 0.25) is 0 Å². The zero-order valence-corrected chi connectivity index (χ0v) is 11.9.